The highest BCUT2D eigenvalue weighted by molar-refractivity contribution is 6.32. The first-order valence-electron chi connectivity index (χ1n) is 5.86. The number of halogens is 3. The van der Waals surface area contributed by atoms with E-state index in [-0.39, 0.29) is 27.8 Å². The lowest BCUT2D eigenvalue weighted by Crippen LogP contribution is -2.04. The van der Waals surface area contributed by atoms with Crippen LogP contribution in [-0.4, -0.2) is 20.2 Å². The van der Waals surface area contributed by atoms with Gasteiger partial charge in [-0.15, -0.1) is 5.10 Å². The molecule has 0 amide bonds. The van der Waals surface area contributed by atoms with Crippen molar-refractivity contribution in [3.05, 3.63) is 53.1 Å². The molecule has 8 heteroatoms. The number of nitrogens with two attached hydrogens (primary N) is 1. The van der Waals surface area contributed by atoms with Crippen molar-refractivity contribution in [1.29, 1.82) is 0 Å². The summed E-state index contributed by atoms with van der Waals surface area (Å²) >= 11 is 5.98. The van der Waals surface area contributed by atoms with Crippen LogP contribution >= 0.6 is 11.6 Å². The average molecular weight is 308 g/mol. The molecule has 5 nitrogen and oxygen atoms in total. The van der Waals surface area contributed by atoms with Crippen LogP contribution in [-0.2, 0) is 0 Å². The summed E-state index contributed by atoms with van der Waals surface area (Å²) in [6.45, 7) is 0. The van der Waals surface area contributed by atoms with Crippen molar-refractivity contribution in [3.8, 4) is 17.1 Å². The second kappa shape index (κ2) is 5.10. The van der Waals surface area contributed by atoms with Crippen molar-refractivity contribution in [2.24, 2.45) is 0 Å². The van der Waals surface area contributed by atoms with Crippen LogP contribution in [0, 0.1) is 11.6 Å². The first kappa shape index (κ1) is 13.4. The molecule has 2 aromatic carbocycles. The Labute approximate surface area is 123 Å². The van der Waals surface area contributed by atoms with Gasteiger partial charge >= 0.3 is 0 Å². The van der Waals surface area contributed by atoms with Gasteiger partial charge in [-0.05, 0) is 40.8 Å². The fourth-order valence-corrected chi connectivity index (χ4v) is 2.15. The molecule has 0 atom stereocenters. The van der Waals surface area contributed by atoms with Crippen molar-refractivity contribution >= 4 is 17.3 Å². The van der Waals surface area contributed by atoms with Gasteiger partial charge in [-0.1, -0.05) is 17.7 Å². The lowest BCUT2D eigenvalue weighted by atomic mass is 10.1. The van der Waals surface area contributed by atoms with Crippen LogP contribution in [0.15, 0.2) is 36.4 Å². The fourth-order valence-electron chi connectivity index (χ4n) is 1.91. The van der Waals surface area contributed by atoms with Crippen LogP contribution in [0.4, 0.5) is 14.5 Å². The summed E-state index contributed by atoms with van der Waals surface area (Å²) in [7, 11) is 0. The van der Waals surface area contributed by atoms with Crippen LogP contribution in [0.5, 0.6) is 0 Å². The first-order chi connectivity index (χ1) is 10.1. The molecule has 0 fully saturated rings. The van der Waals surface area contributed by atoms with Crippen LogP contribution in [0.1, 0.15) is 0 Å². The van der Waals surface area contributed by atoms with Gasteiger partial charge in [0.25, 0.3) is 0 Å². The molecule has 2 N–H and O–H groups in total. The smallest absolute Gasteiger partial charge is 0.190 e. The minimum absolute atomic E-state index is 0.0273. The second-order valence-corrected chi connectivity index (χ2v) is 4.63. The van der Waals surface area contributed by atoms with E-state index in [0.29, 0.717) is 0 Å². The Bertz CT molecular complexity index is 798. The number of benzene rings is 2. The van der Waals surface area contributed by atoms with E-state index in [2.05, 4.69) is 15.5 Å². The minimum Gasteiger partial charge on any atom is -0.399 e. The number of tetrazole rings is 1. The van der Waals surface area contributed by atoms with Gasteiger partial charge in [0.15, 0.2) is 11.6 Å². The summed E-state index contributed by atoms with van der Waals surface area (Å²) in [5.41, 5.74) is 5.81. The van der Waals surface area contributed by atoms with Crippen molar-refractivity contribution in [1.82, 2.24) is 20.2 Å². The number of anilines is 1. The van der Waals surface area contributed by atoms with Crippen molar-refractivity contribution in [2.45, 2.75) is 0 Å². The van der Waals surface area contributed by atoms with Gasteiger partial charge in [-0.25, -0.2) is 8.78 Å². The third-order valence-corrected chi connectivity index (χ3v) is 3.16. The fraction of sp³-hybridized carbons (Fsp3) is 0. The predicted molar refractivity (Wildman–Crippen MR) is 73.9 cm³/mol. The topological polar surface area (TPSA) is 69.6 Å². The molecule has 0 unspecified atom stereocenters. The maximum atomic E-state index is 14.0. The van der Waals surface area contributed by atoms with Crippen LogP contribution in [0.3, 0.4) is 0 Å². The molecule has 0 aliphatic rings. The van der Waals surface area contributed by atoms with Crippen LogP contribution in [0.25, 0.3) is 17.1 Å². The lowest BCUT2D eigenvalue weighted by Gasteiger charge is -2.08. The molecule has 0 radical (unpaired) electrons. The summed E-state index contributed by atoms with van der Waals surface area (Å²) in [6, 6.07) is 8.21. The standard InChI is InChI=1S/C13H8ClF2N5/c14-9-2-1-3-10(15)12(9)21-13(18-19-20-21)8-5-4-7(17)6-11(8)16/h1-6H,17H2. The number of hydrogen-bond donors (Lipinski definition) is 1. The molecular formula is C13H8ClF2N5. The van der Waals surface area contributed by atoms with Gasteiger partial charge < -0.3 is 5.73 Å². The van der Waals surface area contributed by atoms with E-state index in [0.717, 1.165) is 10.7 Å². The Hall–Kier alpha value is -2.54. The average Bonchev–Trinajstić information content (AvgIpc) is 2.87. The predicted octanol–water partition coefficient (Wildman–Crippen LogP) is 2.84. The Morgan fingerprint density at radius 1 is 1.10 bits per heavy atom. The normalized spacial score (nSPS) is 10.8. The van der Waals surface area contributed by atoms with Gasteiger partial charge in [0.2, 0.25) is 0 Å². The van der Waals surface area contributed by atoms with E-state index in [1.54, 1.807) is 0 Å². The third-order valence-electron chi connectivity index (χ3n) is 2.85. The summed E-state index contributed by atoms with van der Waals surface area (Å²) in [5, 5.41) is 11.0. The van der Waals surface area contributed by atoms with Gasteiger partial charge in [-0.2, -0.15) is 4.68 Å². The molecule has 3 rings (SSSR count). The molecule has 106 valence electrons. The summed E-state index contributed by atoms with van der Waals surface area (Å²) in [5.74, 6) is -1.20. The lowest BCUT2D eigenvalue weighted by molar-refractivity contribution is 0.606. The molecular weight excluding hydrogens is 300 g/mol. The van der Waals surface area contributed by atoms with E-state index in [1.165, 1.54) is 30.3 Å². The third kappa shape index (κ3) is 2.31. The monoisotopic (exact) mass is 307 g/mol. The van der Waals surface area contributed by atoms with Crippen molar-refractivity contribution < 1.29 is 8.78 Å². The first-order valence-corrected chi connectivity index (χ1v) is 6.24. The molecule has 0 aliphatic heterocycles. The zero-order valence-electron chi connectivity index (χ0n) is 10.5. The zero-order chi connectivity index (χ0) is 15.0. The van der Waals surface area contributed by atoms with Gasteiger partial charge in [0, 0.05) is 5.69 Å². The highest BCUT2D eigenvalue weighted by Gasteiger charge is 2.19. The number of nitrogens with zero attached hydrogens (tertiary/aromatic N) is 4. The Kier molecular flexibility index (Phi) is 3.26. The second-order valence-electron chi connectivity index (χ2n) is 4.22. The Morgan fingerprint density at radius 2 is 1.90 bits per heavy atom. The van der Waals surface area contributed by atoms with E-state index in [4.69, 9.17) is 17.3 Å². The Balaban J connectivity index is 2.22. The van der Waals surface area contributed by atoms with Gasteiger partial charge in [-0.3, -0.25) is 0 Å². The molecule has 0 bridgehead atoms. The maximum absolute atomic E-state index is 14.0. The van der Waals surface area contributed by atoms with E-state index >= 15 is 0 Å². The molecule has 0 saturated heterocycles. The highest BCUT2D eigenvalue weighted by atomic mass is 35.5. The molecule has 1 aromatic heterocycles. The SMILES string of the molecule is Nc1ccc(-c2nnnn2-c2c(F)cccc2Cl)c(F)c1. The minimum atomic E-state index is -0.619. The maximum Gasteiger partial charge on any atom is 0.190 e. The highest BCUT2D eigenvalue weighted by Crippen LogP contribution is 2.28. The summed E-state index contributed by atoms with van der Waals surface area (Å²) in [6.07, 6.45) is 0. The molecule has 0 spiro atoms. The molecule has 1 heterocycles. The number of para-hydroxylation sites is 1. The zero-order valence-corrected chi connectivity index (χ0v) is 11.2. The van der Waals surface area contributed by atoms with Gasteiger partial charge in [0.05, 0.1) is 10.6 Å². The van der Waals surface area contributed by atoms with E-state index in [9.17, 15) is 8.78 Å². The molecule has 21 heavy (non-hydrogen) atoms. The summed E-state index contributed by atoms with van der Waals surface area (Å²) in [4.78, 5) is 0. The van der Waals surface area contributed by atoms with Crippen LogP contribution < -0.4 is 5.73 Å². The molecule has 3 aromatic rings. The number of rotatable bonds is 2. The quantitative estimate of drug-likeness (QED) is 0.739. The van der Waals surface area contributed by atoms with Gasteiger partial charge in [0.1, 0.15) is 11.5 Å². The molecule has 0 saturated carbocycles. The molecule has 0 aliphatic carbocycles. The summed E-state index contributed by atoms with van der Waals surface area (Å²) < 4.78 is 29.0. The van der Waals surface area contributed by atoms with Crippen molar-refractivity contribution in [3.63, 3.8) is 0 Å². The van der Waals surface area contributed by atoms with E-state index in [1.807, 2.05) is 0 Å². The van der Waals surface area contributed by atoms with E-state index < -0.39 is 11.6 Å². The number of aromatic nitrogens is 4. The number of hydrogen-bond acceptors (Lipinski definition) is 4. The van der Waals surface area contributed by atoms with Crippen LogP contribution in [0.2, 0.25) is 5.02 Å². The van der Waals surface area contributed by atoms with Crippen molar-refractivity contribution in [2.75, 3.05) is 5.73 Å². The number of nitrogen functional groups attached to an aromatic ring is 1. The largest absolute Gasteiger partial charge is 0.399 e. The Morgan fingerprint density at radius 3 is 2.62 bits per heavy atom.